The second kappa shape index (κ2) is 4.32. The molecule has 0 unspecified atom stereocenters. The highest BCUT2D eigenvalue weighted by atomic mass is 79.9. The van der Waals surface area contributed by atoms with Crippen LogP contribution < -0.4 is 5.32 Å². The van der Waals surface area contributed by atoms with E-state index in [-0.39, 0.29) is 10.0 Å². The molecule has 0 aliphatic carbocycles. The fourth-order valence-corrected chi connectivity index (χ4v) is 1.77. The Morgan fingerprint density at radius 1 is 1.33 bits per heavy atom. The molecule has 0 heterocycles. The van der Waals surface area contributed by atoms with Gasteiger partial charge in [0.15, 0.2) is 11.5 Å². The average Bonchev–Trinajstić information content (AvgIpc) is 2.11. The molecule has 0 fully saturated rings. The molecule has 1 aromatic carbocycles. The van der Waals surface area contributed by atoms with E-state index < -0.39 is 24.0 Å². The van der Waals surface area contributed by atoms with Gasteiger partial charge in [-0.25, -0.2) is 0 Å². The molecule has 1 rings (SSSR count). The van der Waals surface area contributed by atoms with Gasteiger partial charge in [0.1, 0.15) is 0 Å². The standard InChI is InChI=1S/C9H10BrF2NO2/c1-13-4-9(11,12)5-2-7(14)8(15)3-6(5)10/h2-3,13-15H,4H2,1H3. The van der Waals surface area contributed by atoms with Crippen molar-refractivity contribution in [1.82, 2.24) is 5.32 Å². The summed E-state index contributed by atoms with van der Waals surface area (Å²) in [7, 11) is 1.40. The minimum Gasteiger partial charge on any atom is -0.504 e. The highest BCUT2D eigenvalue weighted by Crippen LogP contribution is 2.39. The zero-order chi connectivity index (χ0) is 11.6. The van der Waals surface area contributed by atoms with Crippen molar-refractivity contribution < 1.29 is 19.0 Å². The lowest BCUT2D eigenvalue weighted by Crippen LogP contribution is -2.28. The Hall–Kier alpha value is -0.880. The first kappa shape index (κ1) is 12.2. The first-order valence-electron chi connectivity index (χ1n) is 4.13. The average molecular weight is 282 g/mol. The van der Waals surface area contributed by atoms with E-state index in [1.54, 1.807) is 0 Å². The number of likely N-dealkylation sites (N-methyl/N-ethyl adjacent to an activating group) is 1. The highest BCUT2D eigenvalue weighted by molar-refractivity contribution is 9.10. The molecule has 3 nitrogen and oxygen atoms in total. The van der Waals surface area contributed by atoms with Gasteiger partial charge in [0.05, 0.1) is 6.54 Å². The Balaban J connectivity index is 3.19. The van der Waals surface area contributed by atoms with Crippen molar-refractivity contribution in [2.24, 2.45) is 0 Å². The molecule has 3 N–H and O–H groups in total. The number of phenolic OH excluding ortho intramolecular Hbond substituents is 2. The first-order chi connectivity index (χ1) is 6.88. The van der Waals surface area contributed by atoms with Crippen LogP contribution in [0.2, 0.25) is 0 Å². The molecule has 0 radical (unpaired) electrons. The number of benzene rings is 1. The van der Waals surface area contributed by atoms with Crippen LogP contribution in [0.25, 0.3) is 0 Å². The zero-order valence-corrected chi connectivity index (χ0v) is 9.48. The monoisotopic (exact) mass is 281 g/mol. The van der Waals surface area contributed by atoms with Gasteiger partial charge in [0, 0.05) is 10.0 Å². The fourth-order valence-electron chi connectivity index (χ4n) is 1.15. The lowest BCUT2D eigenvalue weighted by Gasteiger charge is -2.18. The number of hydrogen-bond donors (Lipinski definition) is 3. The number of alkyl halides is 2. The van der Waals surface area contributed by atoms with E-state index in [2.05, 4.69) is 21.2 Å². The third-order valence-electron chi connectivity index (χ3n) is 1.86. The number of aromatic hydroxyl groups is 2. The van der Waals surface area contributed by atoms with Gasteiger partial charge in [-0.2, -0.15) is 8.78 Å². The van der Waals surface area contributed by atoms with Gasteiger partial charge < -0.3 is 15.5 Å². The molecular weight excluding hydrogens is 272 g/mol. The quantitative estimate of drug-likeness (QED) is 0.745. The molecular formula is C9H10BrF2NO2. The van der Waals surface area contributed by atoms with Crippen LogP contribution in [0.5, 0.6) is 11.5 Å². The van der Waals surface area contributed by atoms with Gasteiger partial charge in [-0.1, -0.05) is 15.9 Å². The molecule has 0 aliphatic rings. The summed E-state index contributed by atoms with van der Waals surface area (Å²) in [6.45, 7) is -0.546. The predicted octanol–water partition coefficient (Wildman–Crippen LogP) is 2.17. The van der Waals surface area contributed by atoms with E-state index in [4.69, 9.17) is 10.2 Å². The fraction of sp³-hybridized carbons (Fsp3) is 0.333. The molecule has 84 valence electrons. The molecule has 6 heteroatoms. The van der Waals surface area contributed by atoms with Crippen LogP contribution >= 0.6 is 15.9 Å². The van der Waals surface area contributed by atoms with Crippen molar-refractivity contribution in [2.75, 3.05) is 13.6 Å². The Morgan fingerprint density at radius 2 is 1.87 bits per heavy atom. The molecule has 0 bridgehead atoms. The summed E-state index contributed by atoms with van der Waals surface area (Å²) in [4.78, 5) is 0. The summed E-state index contributed by atoms with van der Waals surface area (Å²) in [6, 6.07) is 1.88. The van der Waals surface area contributed by atoms with Crippen LogP contribution in [0.3, 0.4) is 0 Å². The van der Waals surface area contributed by atoms with Gasteiger partial charge in [-0.05, 0) is 19.2 Å². The Labute approximate surface area is 93.9 Å². The zero-order valence-electron chi connectivity index (χ0n) is 7.89. The van der Waals surface area contributed by atoms with E-state index >= 15 is 0 Å². The van der Waals surface area contributed by atoms with Crippen molar-refractivity contribution in [1.29, 1.82) is 0 Å². The predicted molar refractivity (Wildman–Crippen MR) is 55.3 cm³/mol. The van der Waals surface area contributed by atoms with Crippen LogP contribution in [0.4, 0.5) is 8.78 Å². The Morgan fingerprint density at radius 3 is 2.40 bits per heavy atom. The molecule has 0 spiro atoms. The highest BCUT2D eigenvalue weighted by Gasteiger charge is 2.33. The topological polar surface area (TPSA) is 52.5 Å². The van der Waals surface area contributed by atoms with Crippen molar-refractivity contribution in [3.63, 3.8) is 0 Å². The number of halogens is 3. The third kappa shape index (κ3) is 2.57. The van der Waals surface area contributed by atoms with E-state index in [9.17, 15) is 8.78 Å². The molecule has 0 atom stereocenters. The smallest absolute Gasteiger partial charge is 0.286 e. The van der Waals surface area contributed by atoms with Crippen molar-refractivity contribution in [3.8, 4) is 11.5 Å². The summed E-state index contributed by atoms with van der Waals surface area (Å²) in [5.41, 5.74) is -0.368. The van der Waals surface area contributed by atoms with Gasteiger partial charge >= 0.3 is 0 Å². The summed E-state index contributed by atoms with van der Waals surface area (Å²) in [5.74, 6) is -4.12. The minimum absolute atomic E-state index is 0.0538. The van der Waals surface area contributed by atoms with Crippen LogP contribution in [0.1, 0.15) is 5.56 Å². The summed E-state index contributed by atoms with van der Waals surface area (Å²) in [5, 5.41) is 20.6. The molecule has 0 aromatic heterocycles. The second-order valence-corrected chi connectivity index (χ2v) is 3.91. The third-order valence-corrected chi connectivity index (χ3v) is 2.51. The molecule has 1 aromatic rings. The van der Waals surface area contributed by atoms with E-state index in [0.717, 1.165) is 12.1 Å². The Kier molecular flexibility index (Phi) is 3.51. The van der Waals surface area contributed by atoms with Crippen LogP contribution in [-0.2, 0) is 5.92 Å². The van der Waals surface area contributed by atoms with Gasteiger partial charge in [0.25, 0.3) is 5.92 Å². The van der Waals surface area contributed by atoms with E-state index in [1.807, 2.05) is 0 Å². The second-order valence-electron chi connectivity index (χ2n) is 3.06. The number of hydrogen-bond acceptors (Lipinski definition) is 3. The molecule has 0 amide bonds. The van der Waals surface area contributed by atoms with Gasteiger partial charge in [-0.3, -0.25) is 0 Å². The van der Waals surface area contributed by atoms with Crippen LogP contribution in [0, 0.1) is 0 Å². The summed E-state index contributed by atoms with van der Waals surface area (Å²) in [6.07, 6.45) is 0. The number of rotatable bonds is 3. The maximum absolute atomic E-state index is 13.4. The summed E-state index contributed by atoms with van der Waals surface area (Å²) < 4.78 is 26.9. The van der Waals surface area contributed by atoms with Crippen molar-refractivity contribution >= 4 is 15.9 Å². The van der Waals surface area contributed by atoms with Crippen LogP contribution in [0.15, 0.2) is 16.6 Å². The number of phenols is 2. The molecule has 0 saturated heterocycles. The molecule has 15 heavy (non-hydrogen) atoms. The normalized spacial score (nSPS) is 11.7. The van der Waals surface area contributed by atoms with Gasteiger partial charge in [0.2, 0.25) is 0 Å². The van der Waals surface area contributed by atoms with E-state index in [1.165, 1.54) is 7.05 Å². The van der Waals surface area contributed by atoms with Gasteiger partial charge in [-0.15, -0.1) is 0 Å². The minimum atomic E-state index is -3.11. The largest absolute Gasteiger partial charge is 0.504 e. The van der Waals surface area contributed by atoms with Crippen molar-refractivity contribution in [3.05, 3.63) is 22.2 Å². The van der Waals surface area contributed by atoms with Crippen LogP contribution in [-0.4, -0.2) is 23.8 Å². The summed E-state index contributed by atoms with van der Waals surface area (Å²) >= 11 is 2.91. The Bertz CT molecular complexity index is 371. The first-order valence-corrected chi connectivity index (χ1v) is 4.92. The maximum Gasteiger partial charge on any atom is 0.286 e. The number of nitrogens with one attached hydrogen (secondary N) is 1. The lowest BCUT2D eigenvalue weighted by atomic mass is 10.1. The van der Waals surface area contributed by atoms with E-state index in [0.29, 0.717) is 0 Å². The molecule has 0 saturated carbocycles. The molecule has 0 aliphatic heterocycles. The lowest BCUT2D eigenvalue weighted by molar-refractivity contribution is -0.00223. The van der Waals surface area contributed by atoms with Crippen molar-refractivity contribution in [2.45, 2.75) is 5.92 Å². The SMILES string of the molecule is CNCC(F)(F)c1cc(O)c(O)cc1Br. The maximum atomic E-state index is 13.4.